The molecule has 96 valence electrons. The quantitative estimate of drug-likeness (QED) is 0.750. The highest BCUT2D eigenvalue weighted by Crippen LogP contribution is 2.15. The van der Waals surface area contributed by atoms with Crippen LogP contribution in [0.25, 0.3) is 10.9 Å². The number of nitrogens with one attached hydrogen (secondary N) is 2. The van der Waals surface area contributed by atoms with Gasteiger partial charge in [0.15, 0.2) is 0 Å². The fourth-order valence-corrected chi connectivity index (χ4v) is 2.20. The molecule has 2 aromatic heterocycles. The zero-order chi connectivity index (χ0) is 13.1. The average molecular weight is 252 g/mol. The van der Waals surface area contributed by atoms with E-state index in [1.807, 2.05) is 18.5 Å². The van der Waals surface area contributed by atoms with Gasteiger partial charge in [-0.25, -0.2) is 0 Å². The van der Waals surface area contributed by atoms with Gasteiger partial charge >= 0.3 is 0 Å². The molecule has 0 saturated carbocycles. The zero-order valence-corrected chi connectivity index (χ0v) is 10.9. The zero-order valence-electron chi connectivity index (χ0n) is 10.9. The molecule has 2 N–H and O–H groups in total. The second-order valence-electron chi connectivity index (χ2n) is 4.62. The molecule has 0 aliphatic carbocycles. The van der Waals surface area contributed by atoms with Crippen molar-refractivity contribution in [2.24, 2.45) is 0 Å². The molecule has 0 amide bonds. The summed E-state index contributed by atoms with van der Waals surface area (Å²) in [6.45, 7) is 3.66. The maximum Gasteiger partial charge on any atom is 0.0695 e. The number of benzene rings is 1. The molecule has 1 aromatic carbocycles. The predicted octanol–water partition coefficient (Wildman–Crippen LogP) is 2.56. The predicted molar refractivity (Wildman–Crippen MR) is 75.6 cm³/mol. The Morgan fingerprint density at radius 2 is 2.11 bits per heavy atom. The Kier molecular flexibility index (Phi) is 3.25. The molecule has 0 saturated heterocycles. The van der Waals surface area contributed by atoms with Crippen molar-refractivity contribution >= 4 is 10.9 Å². The Hall–Kier alpha value is -2.20. The van der Waals surface area contributed by atoms with Crippen molar-refractivity contribution in [3.05, 3.63) is 59.5 Å². The molecule has 4 nitrogen and oxygen atoms in total. The van der Waals surface area contributed by atoms with Gasteiger partial charge in [-0.15, -0.1) is 0 Å². The van der Waals surface area contributed by atoms with Crippen molar-refractivity contribution in [2.75, 3.05) is 0 Å². The smallest absolute Gasteiger partial charge is 0.0695 e. The summed E-state index contributed by atoms with van der Waals surface area (Å²) in [5.74, 6) is 0. The highest BCUT2D eigenvalue weighted by atomic mass is 15.1. The van der Waals surface area contributed by atoms with Crippen molar-refractivity contribution in [3.63, 3.8) is 0 Å². The van der Waals surface area contributed by atoms with E-state index in [9.17, 15) is 0 Å². The van der Waals surface area contributed by atoms with Gasteiger partial charge in [0, 0.05) is 24.7 Å². The molecule has 0 bridgehead atoms. The van der Waals surface area contributed by atoms with Gasteiger partial charge in [0.1, 0.15) is 0 Å². The molecule has 0 radical (unpaired) electrons. The number of fused-ring (bicyclic) bond motifs is 1. The van der Waals surface area contributed by atoms with E-state index in [0.717, 1.165) is 29.7 Å². The van der Waals surface area contributed by atoms with E-state index in [0.29, 0.717) is 0 Å². The van der Waals surface area contributed by atoms with E-state index in [1.54, 1.807) is 0 Å². The number of nitrogens with zero attached hydrogens (tertiary/aromatic N) is 2. The molecule has 0 fully saturated rings. The number of hydrogen-bond acceptors (Lipinski definition) is 3. The average Bonchev–Trinajstić information content (AvgIpc) is 2.90. The van der Waals surface area contributed by atoms with Crippen LogP contribution < -0.4 is 5.32 Å². The van der Waals surface area contributed by atoms with Crippen LogP contribution in [0.4, 0.5) is 0 Å². The van der Waals surface area contributed by atoms with Crippen LogP contribution in [0, 0.1) is 6.92 Å². The van der Waals surface area contributed by atoms with Gasteiger partial charge in [-0.05, 0) is 24.1 Å². The van der Waals surface area contributed by atoms with Crippen LogP contribution in [0.2, 0.25) is 0 Å². The molecule has 3 rings (SSSR count). The SMILES string of the molecule is Cc1cccnc1CNCc1cccc2cn[nH]c12. The van der Waals surface area contributed by atoms with E-state index in [-0.39, 0.29) is 0 Å². The van der Waals surface area contributed by atoms with Crippen LogP contribution >= 0.6 is 0 Å². The van der Waals surface area contributed by atoms with Crippen LogP contribution in [0.3, 0.4) is 0 Å². The van der Waals surface area contributed by atoms with Crippen LogP contribution in [0.1, 0.15) is 16.8 Å². The Morgan fingerprint density at radius 3 is 3.00 bits per heavy atom. The lowest BCUT2D eigenvalue weighted by atomic mass is 10.1. The molecular formula is C15H16N4. The molecule has 0 aliphatic rings. The third-order valence-corrected chi connectivity index (χ3v) is 3.29. The minimum Gasteiger partial charge on any atom is -0.307 e. The molecule has 19 heavy (non-hydrogen) atoms. The fourth-order valence-electron chi connectivity index (χ4n) is 2.20. The van der Waals surface area contributed by atoms with Crippen molar-refractivity contribution in [1.82, 2.24) is 20.5 Å². The molecule has 0 atom stereocenters. The molecule has 2 heterocycles. The van der Waals surface area contributed by atoms with E-state index < -0.39 is 0 Å². The molecule has 0 aliphatic heterocycles. The standard InChI is InChI=1S/C15H16N4/c1-11-4-3-7-17-14(11)10-16-8-12-5-2-6-13-9-18-19-15(12)13/h2-7,9,16H,8,10H2,1H3,(H,18,19). The first kappa shape index (κ1) is 11.9. The number of para-hydroxylation sites is 1. The number of aromatic nitrogens is 3. The van der Waals surface area contributed by atoms with E-state index in [1.165, 1.54) is 11.1 Å². The summed E-state index contributed by atoms with van der Waals surface area (Å²) in [5.41, 5.74) is 4.64. The number of pyridine rings is 1. The van der Waals surface area contributed by atoms with Crippen molar-refractivity contribution in [1.29, 1.82) is 0 Å². The van der Waals surface area contributed by atoms with Gasteiger partial charge in [-0.2, -0.15) is 5.10 Å². The number of hydrogen-bond donors (Lipinski definition) is 2. The van der Waals surface area contributed by atoms with Crippen molar-refractivity contribution in [3.8, 4) is 0 Å². The third-order valence-electron chi connectivity index (χ3n) is 3.29. The summed E-state index contributed by atoms with van der Waals surface area (Å²) in [7, 11) is 0. The lowest BCUT2D eigenvalue weighted by molar-refractivity contribution is 0.678. The van der Waals surface area contributed by atoms with Crippen molar-refractivity contribution < 1.29 is 0 Å². The van der Waals surface area contributed by atoms with Gasteiger partial charge in [0.05, 0.1) is 17.4 Å². The Morgan fingerprint density at radius 1 is 1.16 bits per heavy atom. The second-order valence-corrected chi connectivity index (χ2v) is 4.62. The topological polar surface area (TPSA) is 53.6 Å². The summed E-state index contributed by atoms with van der Waals surface area (Å²) >= 11 is 0. The van der Waals surface area contributed by atoms with Crippen LogP contribution in [-0.2, 0) is 13.1 Å². The number of aromatic amines is 1. The fraction of sp³-hybridized carbons (Fsp3) is 0.200. The first-order valence-corrected chi connectivity index (χ1v) is 6.37. The minimum absolute atomic E-state index is 0.775. The lowest BCUT2D eigenvalue weighted by Gasteiger charge is -2.07. The second kappa shape index (κ2) is 5.20. The van der Waals surface area contributed by atoms with Gasteiger partial charge < -0.3 is 5.32 Å². The summed E-state index contributed by atoms with van der Waals surface area (Å²) in [6, 6.07) is 10.3. The minimum atomic E-state index is 0.775. The number of aryl methyl sites for hydroxylation is 1. The first-order chi connectivity index (χ1) is 9.34. The summed E-state index contributed by atoms with van der Waals surface area (Å²) in [4.78, 5) is 4.38. The Bertz CT molecular complexity index is 687. The van der Waals surface area contributed by atoms with E-state index in [2.05, 4.69) is 51.7 Å². The van der Waals surface area contributed by atoms with Gasteiger partial charge in [-0.1, -0.05) is 24.3 Å². The summed E-state index contributed by atoms with van der Waals surface area (Å²) in [6.07, 6.45) is 3.68. The Labute approximate surface area is 111 Å². The number of H-pyrrole nitrogens is 1. The maximum absolute atomic E-state index is 4.38. The van der Waals surface area contributed by atoms with Crippen LogP contribution in [0.15, 0.2) is 42.7 Å². The molecule has 0 spiro atoms. The van der Waals surface area contributed by atoms with Gasteiger partial charge in [0.2, 0.25) is 0 Å². The maximum atomic E-state index is 4.38. The van der Waals surface area contributed by atoms with Crippen molar-refractivity contribution in [2.45, 2.75) is 20.0 Å². The first-order valence-electron chi connectivity index (χ1n) is 6.37. The highest BCUT2D eigenvalue weighted by Gasteiger charge is 2.03. The highest BCUT2D eigenvalue weighted by molar-refractivity contribution is 5.81. The third kappa shape index (κ3) is 2.48. The van der Waals surface area contributed by atoms with Crippen LogP contribution in [0.5, 0.6) is 0 Å². The normalized spacial score (nSPS) is 11.0. The monoisotopic (exact) mass is 252 g/mol. The molecular weight excluding hydrogens is 236 g/mol. The van der Waals surface area contributed by atoms with Crippen LogP contribution in [-0.4, -0.2) is 15.2 Å². The lowest BCUT2D eigenvalue weighted by Crippen LogP contribution is -2.14. The van der Waals surface area contributed by atoms with Gasteiger partial charge in [-0.3, -0.25) is 10.1 Å². The summed E-state index contributed by atoms with van der Waals surface area (Å²) < 4.78 is 0. The molecule has 3 aromatic rings. The van der Waals surface area contributed by atoms with E-state index in [4.69, 9.17) is 0 Å². The Balaban J connectivity index is 1.70. The summed E-state index contributed by atoms with van der Waals surface area (Å²) in [5, 5.41) is 11.7. The largest absolute Gasteiger partial charge is 0.307 e. The number of rotatable bonds is 4. The van der Waals surface area contributed by atoms with E-state index >= 15 is 0 Å². The molecule has 0 unspecified atom stereocenters. The molecule has 4 heteroatoms. The van der Waals surface area contributed by atoms with Gasteiger partial charge in [0.25, 0.3) is 0 Å².